The summed E-state index contributed by atoms with van der Waals surface area (Å²) in [4.78, 5) is 25.5. The van der Waals surface area contributed by atoms with Crippen LogP contribution in [0, 0.1) is 13.8 Å². The van der Waals surface area contributed by atoms with Crippen molar-refractivity contribution in [3.63, 3.8) is 0 Å². The summed E-state index contributed by atoms with van der Waals surface area (Å²) in [6, 6.07) is 0. The van der Waals surface area contributed by atoms with Gasteiger partial charge in [-0.3, -0.25) is 23.6 Å². The van der Waals surface area contributed by atoms with Gasteiger partial charge in [-0.2, -0.15) is 15.3 Å². The number of nitrogens with one attached hydrogen (secondary N) is 2. The fourth-order valence-corrected chi connectivity index (χ4v) is 2.91. The molecule has 2 N–H and O–H groups in total. The Hall–Kier alpha value is -3.14. The lowest BCUT2D eigenvalue weighted by Crippen LogP contribution is -2.21. The molecule has 0 radical (unpaired) electrons. The summed E-state index contributed by atoms with van der Waals surface area (Å²) < 4.78 is 4.67. The van der Waals surface area contributed by atoms with Crippen molar-refractivity contribution in [2.45, 2.75) is 27.3 Å². The van der Waals surface area contributed by atoms with Crippen LogP contribution in [-0.2, 0) is 20.6 Å². The van der Waals surface area contributed by atoms with E-state index in [1.165, 1.54) is 15.6 Å². The highest BCUT2D eigenvalue weighted by molar-refractivity contribution is 6.34. The van der Waals surface area contributed by atoms with Gasteiger partial charge in [-0.05, 0) is 20.8 Å². The maximum absolute atomic E-state index is 12.9. The summed E-state index contributed by atoms with van der Waals surface area (Å²) >= 11 is 6.18. The average molecular weight is 405 g/mol. The van der Waals surface area contributed by atoms with Crippen molar-refractivity contribution in [3.05, 3.63) is 40.2 Å². The molecule has 0 unspecified atom stereocenters. The number of nitrogens with zero attached hydrogens (tertiary/aromatic N) is 6. The van der Waals surface area contributed by atoms with Gasteiger partial charge in [0.25, 0.3) is 11.8 Å². The monoisotopic (exact) mass is 404 g/mol. The molecule has 0 aromatic carbocycles. The molecule has 10 nitrogen and oxygen atoms in total. The second kappa shape index (κ2) is 7.47. The highest BCUT2D eigenvalue weighted by Gasteiger charge is 2.24. The zero-order valence-electron chi connectivity index (χ0n) is 16.2. The van der Waals surface area contributed by atoms with Crippen LogP contribution in [-0.4, -0.2) is 41.2 Å². The van der Waals surface area contributed by atoms with Crippen molar-refractivity contribution in [1.29, 1.82) is 0 Å². The molecular formula is C17H21ClN8O2. The van der Waals surface area contributed by atoms with Crippen LogP contribution >= 0.6 is 11.6 Å². The Kier molecular flexibility index (Phi) is 5.23. The van der Waals surface area contributed by atoms with Crippen LogP contribution in [0.5, 0.6) is 0 Å². The van der Waals surface area contributed by atoms with Crippen LogP contribution in [0.15, 0.2) is 12.4 Å². The van der Waals surface area contributed by atoms with Gasteiger partial charge >= 0.3 is 0 Å². The van der Waals surface area contributed by atoms with Gasteiger partial charge < -0.3 is 10.6 Å². The van der Waals surface area contributed by atoms with Crippen molar-refractivity contribution >= 4 is 34.8 Å². The van der Waals surface area contributed by atoms with Crippen molar-refractivity contribution in [2.24, 2.45) is 14.1 Å². The molecule has 0 saturated carbocycles. The van der Waals surface area contributed by atoms with Crippen LogP contribution in [0.4, 0.5) is 11.4 Å². The summed E-state index contributed by atoms with van der Waals surface area (Å²) in [6.07, 6.45) is 2.99. The molecule has 11 heteroatoms. The van der Waals surface area contributed by atoms with Crippen LogP contribution in [0.3, 0.4) is 0 Å². The van der Waals surface area contributed by atoms with Gasteiger partial charge in [0, 0.05) is 20.6 Å². The first-order chi connectivity index (χ1) is 13.2. The fourth-order valence-electron chi connectivity index (χ4n) is 2.67. The summed E-state index contributed by atoms with van der Waals surface area (Å²) in [6.45, 7) is 5.90. The quantitative estimate of drug-likeness (QED) is 0.676. The second-order valence-electron chi connectivity index (χ2n) is 6.27. The average Bonchev–Trinajstić information content (AvgIpc) is 3.29. The molecule has 0 bridgehead atoms. The van der Waals surface area contributed by atoms with Crippen LogP contribution in [0.25, 0.3) is 0 Å². The molecule has 28 heavy (non-hydrogen) atoms. The molecule has 0 atom stereocenters. The Balaban J connectivity index is 1.89. The van der Waals surface area contributed by atoms with E-state index in [2.05, 4.69) is 25.9 Å². The highest BCUT2D eigenvalue weighted by Crippen LogP contribution is 2.23. The summed E-state index contributed by atoms with van der Waals surface area (Å²) in [7, 11) is 3.48. The molecule has 0 aliphatic carbocycles. The number of carbonyl (C=O) groups is 2. The van der Waals surface area contributed by atoms with E-state index in [1.54, 1.807) is 31.9 Å². The van der Waals surface area contributed by atoms with Gasteiger partial charge in [0.05, 0.1) is 40.2 Å². The molecule has 3 aromatic heterocycles. The van der Waals surface area contributed by atoms with E-state index in [9.17, 15) is 9.59 Å². The summed E-state index contributed by atoms with van der Waals surface area (Å²) in [5.74, 6) is -0.926. The van der Waals surface area contributed by atoms with Crippen LogP contribution in [0.2, 0.25) is 5.02 Å². The molecule has 0 spiro atoms. The number of rotatable bonds is 5. The third-order valence-corrected chi connectivity index (χ3v) is 5.01. The lowest BCUT2D eigenvalue weighted by molar-refractivity contribution is 0.101. The molecule has 148 valence electrons. The third kappa shape index (κ3) is 3.38. The Bertz CT molecular complexity index is 1060. The smallest absolute Gasteiger partial charge is 0.277 e. The number of halogens is 1. The van der Waals surface area contributed by atoms with Gasteiger partial charge in [-0.15, -0.1) is 0 Å². The largest absolute Gasteiger partial charge is 0.318 e. The van der Waals surface area contributed by atoms with E-state index < -0.39 is 11.8 Å². The Labute approximate surface area is 166 Å². The first kappa shape index (κ1) is 19.6. The van der Waals surface area contributed by atoms with E-state index in [0.29, 0.717) is 17.9 Å². The zero-order valence-corrected chi connectivity index (χ0v) is 17.0. The molecule has 3 aromatic rings. The maximum atomic E-state index is 12.9. The SMILES string of the molecule is CCn1ncc(NC(=O)c2nn(C)c(C)c2Cl)c1C(=O)Nc1cnn(C)c1C. The molecule has 3 rings (SSSR count). The first-order valence-corrected chi connectivity index (χ1v) is 8.98. The number of hydrogen-bond acceptors (Lipinski definition) is 5. The maximum Gasteiger partial charge on any atom is 0.277 e. The number of carbonyl (C=O) groups excluding carboxylic acids is 2. The standard InChI is InChI=1S/C17H21ClN8O2/c1-6-26-15(17(28)21-11-7-19-24(4)9(11)2)12(8-20-26)22-16(27)14-13(18)10(3)25(5)23-14/h7-8H,6H2,1-5H3,(H,21,28)(H,22,27). The topological polar surface area (TPSA) is 112 Å². The molecule has 2 amide bonds. The van der Waals surface area contributed by atoms with E-state index in [4.69, 9.17) is 11.6 Å². The molecule has 0 aliphatic rings. The Morgan fingerprint density at radius 3 is 2.18 bits per heavy atom. The van der Waals surface area contributed by atoms with Crippen molar-refractivity contribution in [1.82, 2.24) is 29.3 Å². The number of aromatic nitrogens is 6. The van der Waals surface area contributed by atoms with Crippen molar-refractivity contribution in [3.8, 4) is 0 Å². The fraction of sp³-hybridized carbons (Fsp3) is 0.353. The van der Waals surface area contributed by atoms with E-state index in [1.807, 2.05) is 13.8 Å². The lowest BCUT2D eigenvalue weighted by Gasteiger charge is -2.09. The predicted octanol–water partition coefficient (Wildman–Crippen LogP) is 2.14. The summed E-state index contributed by atoms with van der Waals surface area (Å²) in [5.41, 5.74) is 2.63. The number of aryl methyl sites for hydroxylation is 3. The van der Waals surface area contributed by atoms with Crippen LogP contribution in [0.1, 0.15) is 39.3 Å². The second-order valence-corrected chi connectivity index (χ2v) is 6.65. The van der Waals surface area contributed by atoms with E-state index in [0.717, 1.165) is 5.69 Å². The molecular weight excluding hydrogens is 384 g/mol. The van der Waals surface area contributed by atoms with Gasteiger partial charge in [-0.25, -0.2) is 0 Å². The van der Waals surface area contributed by atoms with E-state index >= 15 is 0 Å². The third-order valence-electron chi connectivity index (χ3n) is 4.56. The number of hydrogen-bond donors (Lipinski definition) is 2. The summed E-state index contributed by atoms with van der Waals surface area (Å²) in [5, 5.41) is 18.2. The van der Waals surface area contributed by atoms with E-state index in [-0.39, 0.29) is 22.1 Å². The minimum absolute atomic E-state index is 0.0837. The molecule has 0 aliphatic heterocycles. The number of amides is 2. The highest BCUT2D eigenvalue weighted by atomic mass is 35.5. The van der Waals surface area contributed by atoms with Gasteiger partial charge in [0.1, 0.15) is 5.69 Å². The minimum Gasteiger partial charge on any atom is -0.318 e. The molecule has 0 fully saturated rings. The first-order valence-electron chi connectivity index (χ1n) is 8.60. The Morgan fingerprint density at radius 2 is 1.64 bits per heavy atom. The lowest BCUT2D eigenvalue weighted by atomic mass is 10.3. The minimum atomic E-state index is -0.518. The van der Waals surface area contributed by atoms with Gasteiger partial charge in [0.2, 0.25) is 0 Å². The zero-order chi connectivity index (χ0) is 20.6. The number of anilines is 2. The predicted molar refractivity (Wildman–Crippen MR) is 105 cm³/mol. The van der Waals surface area contributed by atoms with Crippen LogP contribution < -0.4 is 10.6 Å². The van der Waals surface area contributed by atoms with Gasteiger partial charge in [0.15, 0.2) is 5.69 Å². The Morgan fingerprint density at radius 1 is 1.00 bits per heavy atom. The molecule has 3 heterocycles. The normalized spacial score (nSPS) is 10.9. The van der Waals surface area contributed by atoms with Crippen molar-refractivity contribution in [2.75, 3.05) is 10.6 Å². The van der Waals surface area contributed by atoms with Crippen molar-refractivity contribution < 1.29 is 9.59 Å². The van der Waals surface area contributed by atoms with Gasteiger partial charge in [-0.1, -0.05) is 11.6 Å². The molecule has 0 saturated heterocycles.